The molecule has 3 heteroatoms. The molecule has 0 atom stereocenters. The fourth-order valence-electron chi connectivity index (χ4n) is 1.17. The van der Waals surface area contributed by atoms with Crippen LogP contribution in [0.1, 0.15) is 19.7 Å². The first kappa shape index (κ1) is 9.26. The van der Waals surface area contributed by atoms with Crippen molar-refractivity contribution < 1.29 is 4.74 Å². The van der Waals surface area contributed by atoms with Crippen molar-refractivity contribution in [3.05, 3.63) is 18.2 Å². The minimum atomic E-state index is 0.778. The summed E-state index contributed by atoms with van der Waals surface area (Å²) in [6.45, 7) is 6.60. The fourth-order valence-corrected chi connectivity index (χ4v) is 1.17. The monoisotopic (exact) mass is 168 g/mol. The minimum Gasteiger partial charge on any atom is -0.380 e. The first-order chi connectivity index (χ1) is 5.88. The number of aromatic nitrogens is 2. The summed E-state index contributed by atoms with van der Waals surface area (Å²) < 4.78 is 7.39. The van der Waals surface area contributed by atoms with Crippen molar-refractivity contribution in [1.29, 1.82) is 0 Å². The highest BCUT2D eigenvalue weighted by Gasteiger charge is 1.98. The van der Waals surface area contributed by atoms with Crippen molar-refractivity contribution in [2.24, 2.45) is 0 Å². The van der Waals surface area contributed by atoms with E-state index in [2.05, 4.69) is 16.5 Å². The molecule has 0 spiro atoms. The Morgan fingerprint density at radius 1 is 1.50 bits per heavy atom. The van der Waals surface area contributed by atoms with Crippen molar-refractivity contribution in [2.45, 2.75) is 26.8 Å². The molecule has 12 heavy (non-hydrogen) atoms. The lowest BCUT2D eigenvalue weighted by Gasteiger charge is -2.05. The van der Waals surface area contributed by atoms with E-state index in [1.807, 2.05) is 19.3 Å². The van der Waals surface area contributed by atoms with Gasteiger partial charge in [-0.1, -0.05) is 6.92 Å². The van der Waals surface area contributed by atoms with E-state index < -0.39 is 0 Å². The average molecular weight is 168 g/mol. The Morgan fingerprint density at radius 3 is 3.00 bits per heavy atom. The lowest BCUT2D eigenvalue weighted by atomic mass is 10.4. The normalized spacial score (nSPS) is 10.5. The smallest absolute Gasteiger partial charge is 0.108 e. The van der Waals surface area contributed by atoms with E-state index in [0.717, 1.165) is 32.0 Å². The Balaban J connectivity index is 2.39. The minimum absolute atomic E-state index is 0.778. The molecule has 0 radical (unpaired) electrons. The van der Waals surface area contributed by atoms with E-state index in [9.17, 15) is 0 Å². The average Bonchev–Trinajstić information content (AvgIpc) is 2.52. The van der Waals surface area contributed by atoms with E-state index >= 15 is 0 Å². The molecular weight excluding hydrogens is 152 g/mol. The van der Waals surface area contributed by atoms with E-state index in [4.69, 9.17) is 4.74 Å². The second-order valence-corrected chi connectivity index (χ2v) is 2.59. The molecule has 1 heterocycles. The van der Waals surface area contributed by atoms with Gasteiger partial charge in [-0.3, -0.25) is 0 Å². The summed E-state index contributed by atoms with van der Waals surface area (Å²) in [5, 5.41) is 0. The lowest BCUT2D eigenvalue weighted by molar-refractivity contribution is 0.138. The van der Waals surface area contributed by atoms with Gasteiger partial charge in [0.2, 0.25) is 0 Å². The van der Waals surface area contributed by atoms with Crippen LogP contribution in [0.4, 0.5) is 0 Å². The van der Waals surface area contributed by atoms with Crippen LogP contribution in [0, 0.1) is 0 Å². The van der Waals surface area contributed by atoms with Gasteiger partial charge in [0.15, 0.2) is 0 Å². The molecule has 1 aromatic rings. The van der Waals surface area contributed by atoms with Crippen LogP contribution in [-0.4, -0.2) is 22.8 Å². The Morgan fingerprint density at radius 2 is 2.33 bits per heavy atom. The predicted octanol–water partition coefficient (Wildman–Crippen LogP) is 1.48. The highest BCUT2D eigenvalue weighted by Crippen LogP contribution is 1.97. The first-order valence-electron chi connectivity index (χ1n) is 4.46. The maximum absolute atomic E-state index is 5.26. The summed E-state index contributed by atoms with van der Waals surface area (Å²) in [5.41, 5.74) is 0. The number of rotatable bonds is 5. The van der Waals surface area contributed by atoms with Gasteiger partial charge >= 0.3 is 0 Å². The third-order valence-corrected chi connectivity index (χ3v) is 1.80. The van der Waals surface area contributed by atoms with Crippen LogP contribution in [0.15, 0.2) is 12.4 Å². The Labute approximate surface area is 73.4 Å². The van der Waals surface area contributed by atoms with Crippen LogP contribution in [0.25, 0.3) is 0 Å². The summed E-state index contributed by atoms with van der Waals surface area (Å²) in [4.78, 5) is 4.22. The molecule has 0 fully saturated rings. The lowest BCUT2D eigenvalue weighted by Crippen LogP contribution is -2.07. The van der Waals surface area contributed by atoms with Crippen molar-refractivity contribution in [3.63, 3.8) is 0 Å². The number of hydrogen-bond acceptors (Lipinski definition) is 2. The standard InChI is InChI=1S/C9H16N2O/c1-3-9-10-5-6-11(9)7-8-12-4-2/h5-6H,3-4,7-8H2,1-2H3. The van der Waals surface area contributed by atoms with Crippen LogP contribution in [0.2, 0.25) is 0 Å². The Kier molecular flexibility index (Phi) is 3.80. The number of hydrogen-bond donors (Lipinski definition) is 0. The summed E-state index contributed by atoms with van der Waals surface area (Å²) in [7, 11) is 0. The molecule has 1 rings (SSSR count). The van der Waals surface area contributed by atoms with E-state index in [-0.39, 0.29) is 0 Å². The van der Waals surface area contributed by atoms with Crippen LogP contribution < -0.4 is 0 Å². The Hall–Kier alpha value is -0.830. The molecule has 68 valence electrons. The SMILES string of the molecule is CCOCCn1ccnc1CC. The molecule has 0 aliphatic rings. The van der Waals surface area contributed by atoms with Gasteiger partial charge in [0.05, 0.1) is 6.61 Å². The zero-order valence-corrected chi connectivity index (χ0v) is 7.79. The van der Waals surface area contributed by atoms with Crippen molar-refractivity contribution in [2.75, 3.05) is 13.2 Å². The number of aryl methyl sites for hydroxylation is 1. The van der Waals surface area contributed by atoms with Crippen LogP contribution in [0.3, 0.4) is 0 Å². The van der Waals surface area contributed by atoms with E-state index in [1.54, 1.807) is 0 Å². The van der Waals surface area contributed by atoms with E-state index in [0.29, 0.717) is 0 Å². The third-order valence-electron chi connectivity index (χ3n) is 1.80. The molecule has 0 amide bonds. The molecule has 0 aromatic carbocycles. The van der Waals surface area contributed by atoms with Gasteiger partial charge in [-0.05, 0) is 6.92 Å². The molecule has 0 N–H and O–H groups in total. The van der Waals surface area contributed by atoms with Gasteiger partial charge < -0.3 is 9.30 Å². The van der Waals surface area contributed by atoms with E-state index in [1.165, 1.54) is 0 Å². The molecule has 0 aliphatic heterocycles. The van der Waals surface area contributed by atoms with Gasteiger partial charge in [-0.2, -0.15) is 0 Å². The molecule has 3 nitrogen and oxygen atoms in total. The molecular formula is C9H16N2O. The van der Waals surface area contributed by atoms with Crippen LogP contribution >= 0.6 is 0 Å². The summed E-state index contributed by atoms with van der Waals surface area (Å²) in [5.74, 6) is 1.13. The molecule has 0 saturated carbocycles. The van der Waals surface area contributed by atoms with Crippen molar-refractivity contribution in [1.82, 2.24) is 9.55 Å². The molecule has 1 aromatic heterocycles. The first-order valence-corrected chi connectivity index (χ1v) is 4.46. The number of ether oxygens (including phenoxy) is 1. The summed E-state index contributed by atoms with van der Waals surface area (Å²) in [6, 6.07) is 0. The highest BCUT2D eigenvalue weighted by atomic mass is 16.5. The topological polar surface area (TPSA) is 27.1 Å². The van der Waals surface area contributed by atoms with Gasteiger partial charge in [0.1, 0.15) is 5.82 Å². The summed E-state index contributed by atoms with van der Waals surface area (Å²) in [6.07, 6.45) is 4.82. The second-order valence-electron chi connectivity index (χ2n) is 2.59. The van der Waals surface area contributed by atoms with Crippen LogP contribution in [0.5, 0.6) is 0 Å². The molecule has 0 unspecified atom stereocenters. The van der Waals surface area contributed by atoms with Gasteiger partial charge in [0.25, 0.3) is 0 Å². The third kappa shape index (κ3) is 2.34. The van der Waals surface area contributed by atoms with Crippen molar-refractivity contribution >= 4 is 0 Å². The zero-order valence-electron chi connectivity index (χ0n) is 7.79. The Bertz CT molecular complexity index is 220. The predicted molar refractivity (Wildman–Crippen MR) is 48.1 cm³/mol. The van der Waals surface area contributed by atoms with Gasteiger partial charge in [-0.25, -0.2) is 4.98 Å². The van der Waals surface area contributed by atoms with Gasteiger partial charge in [-0.15, -0.1) is 0 Å². The second kappa shape index (κ2) is 4.93. The largest absolute Gasteiger partial charge is 0.380 e. The maximum atomic E-state index is 5.26. The zero-order chi connectivity index (χ0) is 8.81. The summed E-state index contributed by atoms with van der Waals surface area (Å²) >= 11 is 0. The fraction of sp³-hybridized carbons (Fsp3) is 0.667. The van der Waals surface area contributed by atoms with Gasteiger partial charge in [0, 0.05) is 32.0 Å². The highest BCUT2D eigenvalue weighted by molar-refractivity contribution is 4.91. The molecule has 0 saturated heterocycles. The molecule has 0 aliphatic carbocycles. The molecule has 0 bridgehead atoms. The number of nitrogens with zero attached hydrogens (tertiary/aromatic N) is 2. The number of imidazole rings is 1. The quantitative estimate of drug-likeness (QED) is 0.623. The van der Waals surface area contributed by atoms with Crippen LogP contribution in [-0.2, 0) is 17.7 Å². The van der Waals surface area contributed by atoms with Crippen molar-refractivity contribution in [3.8, 4) is 0 Å². The maximum Gasteiger partial charge on any atom is 0.108 e.